The molecule has 12 heavy (non-hydrogen) atoms. The third-order valence-electron chi connectivity index (χ3n) is 1.53. The number of aryl methyl sites for hydroxylation is 1. The zero-order valence-electron chi connectivity index (χ0n) is 6.31. The van der Waals surface area contributed by atoms with Crippen molar-refractivity contribution in [3.63, 3.8) is 0 Å². The van der Waals surface area contributed by atoms with Crippen molar-refractivity contribution in [1.29, 1.82) is 0 Å². The third kappa shape index (κ3) is 1.55. The van der Waals surface area contributed by atoms with Gasteiger partial charge in [0.15, 0.2) is 0 Å². The molecule has 1 rings (SSSR count). The van der Waals surface area contributed by atoms with E-state index in [1.165, 1.54) is 6.20 Å². The van der Waals surface area contributed by atoms with Gasteiger partial charge in [0.05, 0.1) is 16.9 Å². The number of alkyl halides is 2. The van der Waals surface area contributed by atoms with Gasteiger partial charge in [-0.05, 0) is 22.9 Å². The van der Waals surface area contributed by atoms with Crippen LogP contribution in [0.2, 0.25) is 0 Å². The molecule has 0 aliphatic heterocycles. The average Bonchev–Trinajstić information content (AvgIpc) is 1.97. The van der Waals surface area contributed by atoms with E-state index >= 15 is 0 Å². The molecular formula is C7H7BrF2N2. The van der Waals surface area contributed by atoms with E-state index in [1.807, 2.05) is 0 Å². The molecule has 66 valence electrons. The summed E-state index contributed by atoms with van der Waals surface area (Å²) in [5, 5.41) is 0. The van der Waals surface area contributed by atoms with Gasteiger partial charge in [0, 0.05) is 10.7 Å². The number of anilines is 1. The second kappa shape index (κ2) is 3.35. The molecule has 0 fully saturated rings. The fourth-order valence-corrected chi connectivity index (χ4v) is 1.33. The number of nitrogen functional groups attached to an aromatic ring is 1. The lowest BCUT2D eigenvalue weighted by molar-refractivity contribution is 0.151. The van der Waals surface area contributed by atoms with E-state index in [1.54, 1.807) is 6.92 Å². The summed E-state index contributed by atoms with van der Waals surface area (Å²) in [6, 6.07) is 0. The normalized spacial score (nSPS) is 10.8. The van der Waals surface area contributed by atoms with Crippen molar-refractivity contribution < 1.29 is 8.78 Å². The third-order valence-corrected chi connectivity index (χ3v) is 2.16. The Balaban J connectivity index is 3.33. The van der Waals surface area contributed by atoms with Crippen LogP contribution in [0.5, 0.6) is 0 Å². The highest BCUT2D eigenvalue weighted by atomic mass is 79.9. The summed E-state index contributed by atoms with van der Waals surface area (Å²) in [5.41, 5.74) is 5.71. The summed E-state index contributed by atoms with van der Waals surface area (Å²) >= 11 is 2.96. The van der Waals surface area contributed by atoms with Gasteiger partial charge in [0.1, 0.15) is 0 Å². The van der Waals surface area contributed by atoms with Crippen molar-refractivity contribution in [2.24, 2.45) is 0 Å². The molecule has 0 aliphatic carbocycles. The lowest BCUT2D eigenvalue weighted by atomic mass is 10.2. The Morgan fingerprint density at radius 1 is 1.58 bits per heavy atom. The summed E-state index contributed by atoms with van der Waals surface area (Å²) in [6.45, 7) is 1.59. The van der Waals surface area contributed by atoms with Gasteiger partial charge >= 0.3 is 0 Å². The molecule has 1 aromatic heterocycles. The molecule has 1 heterocycles. The highest BCUT2D eigenvalue weighted by Crippen LogP contribution is 2.32. The predicted octanol–water partition coefficient (Wildman–Crippen LogP) is 2.67. The van der Waals surface area contributed by atoms with Crippen LogP contribution in [0, 0.1) is 6.92 Å². The number of aromatic nitrogens is 1. The Labute approximate surface area is 76.9 Å². The van der Waals surface area contributed by atoms with E-state index in [0.29, 0.717) is 5.69 Å². The van der Waals surface area contributed by atoms with Crippen LogP contribution >= 0.6 is 15.9 Å². The van der Waals surface area contributed by atoms with Gasteiger partial charge in [-0.15, -0.1) is 0 Å². The van der Waals surface area contributed by atoms with E-state index in [4.69, 9.17) is 5.73 Å². The second-order valence-electron chi connectivity index (χ2n) is 2.32. The predicted molar refractivity (Wildman–Crippen MR) is 46.0 cm³/mol. The number of hydrogen-bond donors (Lipinski definition) is 1. The highest BCUT2D eigenvalue weighted by Gasteiger charge is 2.16. The molecule has 2 N–H and O–H groups in total. The van der Waals surface area contributed by atoms with Crippen molar-refractivity contribution >= 4 is 21.6 Å². The van der Waals surface area contributed by atoms with Crippen molar-refractivity contribution in [3.05, 3.63) is 21.9 Å². The van der Waals surface area contributed by atoms with Gasteiger partial charge in [0.25, 0.3) is 6.43 Å². The van der Waals surface area contributed by atoms with E-state index < -0.39 is 6.43 Å². The Kier molecular flexibility index (Phi) is 2.62. The van der Waals surface area contributed by atoms with Crippen LogP contribution in [-0.4, -0.2) is 4.98 Å². The molecule has 0 bridgehead atoms. The smallest absolute Gasteiger partial charge is 0.267 e. The van der Waals surface area contributed by atoms with Gasteiger partial charge < -0.3 is 5.73 Å². The molecule has 0 unspecified atom stereocenters. The van der Waals surface area contributed by atoms with Crippen LogP contribution in [0.1, 0.15) is 17.7 Å². The summed E-state index contributed by atoms with van der Waals surface area (Å²) < 4.78 is 24.9. The summed E-state index contributed by atoms with van der Waals surface area (Å²) in [7, 11) is 0. The first kappa shape index (κ1) is 9.38. The quantitative estimate of drug-likeness (QED) is 0.815. The zero-order valence-corrected chi connectivity index (χ0v) is 7.90. The Hall–Kier alpha value is -0.710. The number of pyridine rings is 1. The first-order valence-corrected chi connectivity index (χ1v) is 4.02. The fourth-order valence-electron chi connectivity index (χ4n) is 0.838. The minimum Gasteiger partial charge on any atom is -0.397 e. The molecule has 0 aliphatic rings. The van der Waals surface area contributed by atoms with Gasteiger partial charge in [-0.25, -0.2) is 8.78 Å². The fraction of sp³-hybridized carbons (Fsp3) is 0.286. The lowest BCUT2D eigenvalue weighted by Crippen LogP contribution is -2.00. The van der Waals surface area contributed by atoms with Crippen LogP contribution < -0.4 is 5.73 Å². The van der Waals surface area contributed by atoms with E-state index in [9.17, 15) is 8.78 Å². The monoisotopic (exact) mass is 236 g/mol. The molecule has 0 amide bonds. The molecular weight excluding hydrogens is 230 g/mol. The van der Waals surface area contributed by atoms with Crippen LogP contribution in [0.4, 0.5) is 14.5 Å². The molecule has 0 saturated carbocycles. The maximum absolute atomic E-state index is 12.3. The Morgan fingerprint density at radius 2 is 2.17 bits per heavy atom. The van der Waals surface area contributed by atoms with Crippen LogP contribution in [0.3, 0.4) is 0 Å². The highest BCUT2D eigenvalue weighted by molar-refractivity contribution is 9.10. The van der Waals surface area contributed by atoms with E-state index in [0.717, 1.165) is 0 Å². The van der Waals surface area contributed by atoms with Crippen molar-refractivity contribution in [2.75, 3.05) is 5.73 Å². The SMILES string of the molecule is Cc1ncc(Br)c(C(F)F)c1N. The second-order valence-corrected chi connectivity index (χ2v) is 3.17. The summed E-state index contributed by atoms with van der Waals surface area (Å²) in [5.74, 6) is 0. The Morgan fingerprint density at radius 3 is 2.58 bits per heavy atom. The molecule has 0 radical (unpaired) electrons. The van der Waals surface area contributed by atoms with Gasteiger partial charge in [-0.2, -0.15) is 0 Å². The van der Waals surface area contributed by atoms with E-state index in [-0.39, 0.29) is 15.7 Å². The van der Waals surface area contributed by atoms with Gasteiger partial charge in [-0.1, -0.05) is 0 Å². The zero-order chi connectivity index (χ0) is 9.30. The number of nitrogens with zero attached hydrogens (tertiary/aromatic N) is 1. The summed E-state index contributed by atoms with van der Waals surface area (Å²) in [6.07, 6.45) is -1.24. The first-order valence-electron chi connectivity index (χ1n) is 3.22. The maximum atomic E-state index is 12.3. The molecule has 0 spiro atoms. The van der Waals surface area contributed by atoms with Crippen molar-refractivity contribution in [3.8, 4) is 0 Å². The summed E-state index contributed by atoms with van der Waals surface area (Å²) in [4.78, 5) is 3.82. The van der Waals surface area contributed by atoms with Gasteiger partial charge in [-0.3, -0.25) is 4.98 Å². The van der Waals surface area contributed by atoms with Crippen molar-refractivity contribution in [2.45, 2.75) is 13.3 Å². The minimum atomic E-state index is -2.57. The number of hydrogen-bond acceptors (Lipinski definition) is 2. The van der Waals surface area contributed by atoms with Crippen LogP contribution in [0.15, 0.2) is 10.7 Å². The maximum Gasteiger partial charge on any atom is 0.267 e. The molecule has 0 aromatic carbocycles. The Bertz CT molecular complexity index is 302. The first-order chi connectivity index (χ1) is 5.54. The van der Waals surface area contributed by atoms with Crippen molar-refractivity contribution in [1.82, 2.24) is 4.98 Å². The molecule has 2 nitrogen and oxygen atoms in total. The minimum absolute atomic E-state index is 0.0550. The number of nitrogens with two attached hydrogens (primary N) is 1. The largest absolute Gasteiger partial charge is 0.397 e. The molecule has 1 aromatic rings. The molecule has 5 heteroatoms. The van der Waals surface area contributed by atoms with Crippen LogP contribution in [0.25, 0.3) is 0 Å². The molecule has 0 saturated heterocycles. The topological polar surface area (TPSA) is 38.9 Å². The molecule has 0 atom stereocenters. The van der Waals surface area contributed by atoms with E-state index in [2.05, 4.69) is 20.9 Å². The number of rotatable bonds is 1. The standard InChI is InChI=1S/C7H7BrF2N2/c1-3-6(11)5(7(9)10)4(8)2-12-3/h2,7H,11H2,1H3. The average molecular weight is 237 g/mol. The van der Waals surface area contributed by atoms with Crippen LogP contribution in [-0.2, 0) is 0 Å². The number of halogens is 3. The lowest BCUT2D eigenvalue weighted by Gasteiger charge is -2.08. The van der Waals surface area contributed by atoms with Gasteiger partial charge in [0.2, 0.25) is 0 Å².